The molecule has 8 nitrogen and oxygen atoms in total. The van der Waals surface area contributed by atoms with Crippen molar-refractivity contribution in [3.8, 4) is 11.4 Å². The Hall–Kier alpha value is -3.33. The van der Waals surface area contributed by atoms with E-state index in [4.69, 9.17) is 4.74 Å². The molecule has 30 heavy (non-hydrogen) atoms. The fourth-order valence-electron chi connectivity index (χ4n) is 2.99. The lowest BCUT2D eigenvalue weighted by Gasteiger charge is -2.22. The van der Waals surface area contributed by atoms with Gasteiger partial charge >= 0.3 is 0 Å². The zero-order valence-corrected chi connectivity index (χ0v) is 17.7. The minimum Gasteiger partial charge on any atom is -0.494 e. The number of sulfonamides is 1. The highest BCUT2D eigenvalue weighted by Gasteiger charge is 2.21. The van der Waals surface area contributed by atoms with Crippen molar-refractivity contribution in [2.75, 3.05) is 23.7 Å². The lowest BCUT2D eigenvalue weighted by atomic mass is 10.1. The van der Waals surface area contributed by atoms with E-state index in [-0.39, 0.29) is 13.1 Å². The number of imidazole rings is 1. The van der Waals surface area contributed by atoms with Crippen LogP contribution in [0.25, 0.3) is 5.69 Å². The molecule has 2 aromatic carbocycles. The number of nitrogens with zero attached hydrogens (tertiary/aromatic N) is 3. The number of para-hydroxylation sites is 1. The molecular formula is C21H24N4O4S. The van der Waals surface area contributed by atoms with Crippen LogP contribution in [0, 0.1) is 0 Å². The molecule has 0 bridgehead atoms. The topological polar surface area (TPSA) is 93.5 Å². The number of aromatic nitrogens is 2. The summed E-state index contributed by atoms with van der Waals surface area (Å²) in [6.45, 7) is 2.22. The van der Waals surface area contributed by atoms with Crippen molar-refractivity contribution in [1.82, 2.24) is 14.9 Å². The molecule has 3 rings (SSSR count). The van der Waals surface area contributed by atoms with E-state index in [9.17, 15) is 13.2 Å². The summed E-state index contributed by atoms with van der Waals surface area (Å²) in [6, 6.07) is 14.3. The van der Waals surface area contributed by atoms with Crippen LogP contribution >= 0.6 is 0 Å². The van der Waals surface area contributed by atoms with Crippen LogP contribution in [0.5, 0.6) is 5.75 Å². The molecule has 1 heterocycles. The second kappa shape index (κ2) is 9.45. The molecule has 0 aliphatic carbocycles. The summed E-state index contributed by atoms with van der Waals surface area (Å²) < 4.78 is 33.0. The summed E-state index contributed by atoms with van der Waals surface area (Å²) in [5, 5.41) is 2.80. The Morgan fingerprint density at radius 1 is 1.20 bits per heavy atom. The molecule has 158 valence electrons. The lowest BCUT2D eigenvalue weighted by Crippen LogP contribution is -2.40. The van der Waals surface area contributed by atoms with E-state index in [0.717, 1.165) is 21.8 Å². The van der Waals surface area contributed by atoms with Crippen molar-refractivity contribution in [3.05, 3.63) is 72.8 Å². The van der Waals surface area contributed by atoms with Crippen molar-refractivity contribution < 1.29 is 17.9 Å². The van der Waals surface area contributed by atoms with Crippen LogP contribution < -0.4 is 14.4 Å². The minimum absolute atomic E-state index is 0.254. The van der Waals surface area contributed by atoms with Crippen molar-refractivity contribution in [1.29, 1.82) is 0 Å². The first-order chi connectivity index (χ1) is 14.4. The highest BCUT2D eigenvalue weighted by Crippen LogP contribution is 2.23. The number of nitrogens with one attached hydrogen (secondary N) is 1. The Morgan fingerprint density at radius 2 is 2.00 bits per heavy atom. The Balaban J connectivity index is 1.73. The smallest absolute Gasteiger partial charge is 0.241 e. The summed E-state index contributed by atoms with van der Waals surface area (Å²) in [6.07, 6.45) is 6.24. The Labute approximate surface area is 176 Å². The first-order valence-electron chi connectivity index (χ1n) is 9.42. The van der Waals surface area contributed by atoms with Gasteiger partial charge in [0.2, 0.25) is 15.9 Å². The van der Waals surface area contributed by atoms with Crippen LogP contribution in [0.4, 0.5) is 5.69 Å². The maximum absolute atomic E-state index is 12.6. The van der Waals surface area contributed by atoms with Crippen molar-refractivity contribution in [3.63, 3.8) is 0 Å². The zero-order valence-electron chi connectivity index (χ0n) is 16.9. The number of carbonyl (C=O) groups is 1. The highest BCUT2D eigenvalue weighted by atomic mass is 32.2. The molecule has 0 radical (unpaired) electrons. The van der Waals surface area contributed by atoms with Gasteiger partial charge in [-0.25, -0.2) is 13.4 Å². The van der Waals surface area contributed by atoms with Gasteiger partial charge in [-0.3, -0.25) is 9.10 Å². The van der Waals surface area contributed by atoms with E-state index in [1.807, 2.05) is 42.0 Å². The molecule has 1 amide bonds. The third-order valence-corrected chi connectivity index (χ3v) is 5.49. The van der Waals surface area contributed by atoms with Crippen LogP contribution in [0.3, 0.4) is 0 Å². The predicted molar refractivity (Wildman–Crippen MR) is 115 cm³/mol. The molecule has 0 aliphatic rings. The first kappa shape index (κ1) is 21.4. The number of rotatable bonds is 9. The van der Waals surface area contributed by atoms with Gasteiger partial charge in [0, 0.05) is 25.0 Å². The van der Waals surface area contributed by atoms with Crippen LogP contribution in [0.1, 0.15) is 12.5 Å². The molecule has 3 aromatic rings. The third-order valence-electron chi connectivity index (χ3n) is 4.35. The third kappa shape index (κ3) is 5.38. The van der Waals surface area contributed by atoms with E-state index in [1.165, 1.54) is 0 Å². The fourth-order valence-corrected chi connectivity index (χ4v) is 3.84. The van der Waals surface area contributed by atoms with Crippen LogP contribution in [0.2, 0.25) is 0 Å². The zero-order chi connectivity index (χ0) is 21.6. The minimum atomic E-state index is -3.67. The number of amides is 1. The monoisotopic (exact) mass is 428 g/mol. The van der Waals surface area contributed by atoms with Crippen LogP contribution in [-0.2, 0) is 21.4 Å². The SMILES string of the molecule is CCOc1cccc(N(CC(=O)NCc2ccccc2-n2ccnc2)S(C)(=O)=O)c1. The van der Waals surface area contributed by atoms with Crippen molar-refractivity contribution in [2.24, 2.45) is 0 Å². The van der Waals surface area contributed by atoms with Gasteiger partial charge < -0.3 is 14.6 Å². The summed E-state index contributed by atoms with van der Waals surface area (Å²) >= 11 is 0. The van der Waals surface area contributed by atoms with E-state index in [0.29, 0.717) is 18.0 Å². The average molecular weight is 429 g/mol. The Morgan fingerprint density at radius 3 is 2.70 bits per heavy atom. The normalized spacial score (nSPS) is 11.1. The number of benzene rings is 2. The molecule has 9 heteroatoms. The molecule has 0 fully saturated rings. The lowest BCUT2D eigenvalue weighted by molar-refractivity contribution is -0.119. The first-order valence-corrected chi connectivity index (χ1v) is 11.3. The van der Waals surface area contributed by atoms with Gasteiger partial charge in [0.05, 0.1) is 30.6 Å². The highest BCUT2D eigenvalue weighted by molar-refractivity contribution is 7.92. The van der Waals surface area contributed by atoms with E-state index in [2.05, 4.69) is 10.3 Å². The fraction of sp³-hybridized carbons (Fsp3) is 0.238. The Bertz CT molecular complexity index is 1100. The van der Waals surface area contributed by atoms with Crippen molar-refractivity contribution >= 4 is 21.6 Å². The van der Waals surface area contributed by atoms with Gasteiger partial charge in [0.15, 0.2) is 0 Å². The second-order valence-corrected chi connectivity index (χ2v) is 8.48. The molecule has 0 spiro atoms. The molecule has 1 N–H and O–H groups in total. The van der Waals surface area contributed by atoms with Crippen LogP contribution in [0.15, 0.2) is 67.3 Å². The number of ether oxygens (including phenoxy) is 1. The van der Waals surface area contributed by atoms with Gasteiger partial charge in [0.1, 0.15) is 12.3 Å². The number of anilines is 1. The summed E-state index contributed by atoms with van der Waals surface area (Å²) in [4.78, 5) is 16.6. The maximum Gasteiger partial charge on any atom is 0.241 e. The predicted octanol–water partition coefficient (Wildman–Crippen LogP) is 2.35. The summed E-state index contributed by atoms with van der Waals surface area (Å²) in [5.74, 6) is 0.126. The van der Waals surface area contributed by atoms with Crippen LogP contribution in [-0.4, -0.2) is 43.3 Å². The van der Waals surface area contributed by atoms with Gasteiger partial charge in [-0.1, -0.05) is 24.3 Å². The average Bonchev–Trinajstić information content (AvgIpc) is 3.25. The molecule has 0 unspecified atom stereocenters. The molecule has 0 saturated carbocycles. The van der Waals surface area contributed by atoms with E-state index in [1.54, 1.807) is 36.8 Å². The maximum atomic E-state index is 12.6. The molecular weight excluding hydrogens is 404 g/mol. The molecule has 0 atom stereocenters. The van der Waals surface area contributed by atoms with E-state index >= 15 is 0 Å². The van der Waals surface area contributed by atoms with Gasteiger partial charge in [-0.15, -0.1) is 0 Å². The summed E-state index contributed by atoms with van der Waals surface area (Å²) in [5.41, 5.74) is 2.14. The molecule has 0 saturated heterocycles. The standard InChI is InChI=1S/C21H24N4O4S/c1-3-29-19-9-6-8-18(13-19)25(30(2,27)28)15-21(26)23-14-17-7-4-5-10-20(17)24-12-11-22-16-24/h4-13,16H,3,14-15H2,1-2H3,(H,23,26). The van der Waals surface area contributed by atoms with Gasteiger partial charge in [-0.2, -0.15) is 0 Å². The largest absolute Gasteiger partial charge is 0.494 e. The van der Waals surface area contributed by atoms with E-state index < -0.39 is 15.9 Å². The quantitative estimate of drug-likeness (QED) is 0.565. The van der Waals surface area contributed by atoms with Gasteiger partial charge in [-0.05, 0) is 30.7 Å². The number of hydrogen-bond acceptors (Lipinski definition) is 5. The van der Waals surface area contributed by atoms with Crippen molar-refractivity contribution in [2.45, 2.75) is 13.5 Å². The number of carbonyl (C=O) groups excluding carboxylic acids is 1. The molecule has 1 aromatic heterocycles. The van der Waals surface area contributed by atoms with Gasteiger partial charge in [0.25, 0.3) is 0 Å². The summed E-state index contributed by atoms with van der Waals surface area (Å²) in [7, 11) is -3.67. The number of hydrogen-bond donors (Lipinski definition) is 1. The second-order valence-electron chi connectivity index (χ2n) is 6.58. The Kier molecular flexibility index (Phi) is 6.73. The molecule has 0 aliphatic heterocycles.